The third kappa shape index (κ3) is 3.41. The fraction of sp³-hybridized carbons (Fsp3) is 0.533. The minimum Gasteiger partial charge on any atom is -0.494 e. The molecule has 21 heavy (non-hydrogen) atoms. The van der Waals surface area contributed by atoms with Crippen molar-refractivity contribution in [3.8, 4) is 5.75 Å². The van der Waals surface area contributed by atoms with E-state index in [2.05, 4.69) is 4.90 Å². The molecule has 1 heterocycles. The number of halogens is 1. The Balaban J connectivity index is 2.46. The lowest BCUT2D eigenvalue weighted by Crippen LogP contribution is -2.39. The molecule has 1 aromatic rings. The molecule has 0 amide bonds. The Morgan fingerprint density at radius 3 is 2.67 bits per heavy atom. The molecule has 1 aliphatic rings. The second-order valence-electron chi connectivity index (χ2n) is 4.94. The van der Waals surface area contributed by atoms with E-state index in [0.717, 1.165) is 38.3 Å². The number of aromatic carboxylic acids is 1. The van der Waals surface area contributed by atoms with Crippen LogP contribution in [0.1, 0.15) is 30.1 Å². The van der Waals surface area contributed by atoms with Crippen LogP contribution >= 0.6 is 11.6 Å². The van der Waals surface area contributed by atoms with Gasteiger partial charge in [0, 0.05) is 30.8 Å². The Morgan fingerprint density at radius 2 is 2.14 bits per heavy atom. The zero-order chi connectivity index (χ0) is 15.4. The third-order valence-electron chi connectivity index (χ3n) is 3.75. The van der Waals surface area contributed by atoms with Crippen LogP contribution in [0.3, 0.4) is 0 Å². The van der Waals surface area contributed by atoms with Gasteiger partial charge in [0.05, 0.1) is 12.8 Å². The average Bonchev–Trinajstić information content (AvgIpc) is 2.48. The maximum atomic E-state index is 11.4. The van der Waals surface area contributed by atoms with Gasteiger partial charge in [-0.1, -0.05) is 11.6 Å². The Morgan fingerprint density at radius 1 is 1.48 bits per heavy atom. The van der Waals surface area contributed by atoms with Crippen molar-refractivity contribution in [3.63, 3.8) is 0 Å². The monoisotopic (exact) mass is 313 g/mol. The molecule has 5 nitrogen and oxygen atoms in total. The van der Waals surface area contributed by atoms with Gasteiger partial charge in [0.25, 0.3) is 0 Å². The second-order valence-corrected chi connectivity index (χ2v) is 5.38. The van der Waals surface area contributed by atoms with Crippen molar-refractivity contribution < 1.29 is 19.4 Å². The number of carboxylic acid groups (broad SMARTS) is 1. The fourth-order valence-electron chi connectivity index (χ4n) is 2.79. The number of nitrogens with zero attached hydrogens (tertiary/aromatic N) is 1. The first-order valence-electron chi connectivity index (χ1n) is 7.03. The molecule has 0 radical (unpaired) electrons. The van der Waals surface area contributed by atoms with Gasteiger partial charge in [-0.05, 0) is 31.9 Å². The minimum atomic E-state index is -1.04. The molecular formula is C15H20ClNO4. The van der Waals surface area contributed by atoms with Gasteiger partial charge in [-0.15, -0.1) is 0 Å². The molecule has 0 unspecified atom stereocenters. The number of methoxy groups -OCH3 is 1. The van der Waals surface area contributed by atoms with E-state index in [0.29, 0.717) is 16.8 Å². The number of anilines is 1. The van der Waals surface area contributed by atoms with Gasteiger partial charge >= 0.3 is 5.97 Å². The predicted octanol–water partition coefficient (Wildman–Crippen LogP) is 3.05. The van der Waals surface area contributed by atoms with E-state index in [4.69, 9.17) is 21.1 Å². The zero-order valence-corrected chi connectivity index (χ0v) is 13.0. The van der Waals surface area contributed by atoms with Crippen LogP contribution in [0.25, 0.3) is 0 Å². The van der Waals surface area contributed by atoms with E-state index in [1.165, 1.54) is 13.2 Å². The molecule has 0 saturated carbocycles. The first-order chi connectivity index (χ1) is 10.1. The van der Waals surface area contributed by atoms with Crippen LogP contribution in [0.15, 0.2) is 12.1 Å². The van der Waals surface area contributed by atoms with Crippen molar-refractivity contribution in [2.75, 3.05) is 31.8 Å². The number of ether oxygens (including phenoxy) is 2. The van der Waals surface area contributed by atoms with Gasteiger partial charge in [0.1, 0.15) is 5.56 Å². The van der Waals surface area contributed by atoms with Crippen molar-refractivity contribution in [1.82, 2.24) is 0 Å². The topological polar surface area (TPSA) is 59.0 Å². The summed E-state index contributed by atoms with van der Waals surface area (Å²) in [6.45, 7) is 4.22. The SMILES string of the molecule is CCN(c1cc(Cl)cc(C(=O)O)c1OC)C1CCOCC1. The smallest absolute Gasteiger partial charge is 0.339 e. The molecule has 2 rings (SSSR count). The molecule has 1 saturated heterocycles. The van der Waals surface area contributed by atoms with Crippen molar-refractivity contribution in [2.45, 2.75) is 25.8 Å². The summed E-state index contributed by atoms with van der Waals surface area (Å²) >= 11 is 6.09. The number of benzene rings is 1. The lowest BCUT2D eigenvalue weighted by Gasteiger charge is -2.36. The van der Waals surface area contributed by atoms with Crippen molar-refractivity contribution in [1.29, 1.82) is 0 Å². The molecule has 0 aliphatic carbocycles. The molecular weight excluding hydrogens is 294 g/mol. The molecule has 0 aromatic heterocycles. The van der Waals surface area contributed by atoms with Crippen LogP contribution in [0.2, 0.25) is 5.02 Å². The summed E-state index contributed by atoms with van der Waals surface area (Å²) in [6.07, 6.45) is 1.82. The van der Waals surface area contributed by atoms with Gasteiger partial charge in [0.2, 0.25) is 0 Å². The lowest BCUT2D eigenvalue weighted by molar-refractivity contribution is 0.0692. The van der Waals surface area contributed by atoms with Crippen LogP contribution in [-0.2, 0) is 4.74 Å². The molecule has 1 fully saturated rings. The molecule has 1 aromatic carbocycles. The van der Waals surface area contributed by atoms with Crippen molar-refractivity contribution in [2.24, 2.45) is 0 Å². The second kappa shape index (κ2) is 7.00. The summed E-state index contributed by atoms with van der Waals surface area (Å²) in [5.41, 5.74) is 0.822. The van der Waals surface area contributed by atoms with E-state index in [-0.39, 0.29) is 5.56 Å². The third-order valence-corrected chi connectivity index (χ3v) is 3.97. The highest BCUT2D eigenvalue weighted by atomic mass is 35.5. The van der Waals surface area contributed by atoms with Crippen LogP contribution in [0.4, 0.5) is 5.69 Å². The molecule has 0 bridgehead atoms. The van der Waals surface area contributed by atoms with E-state index in [1.807, 2.05) is 6.92 Å². The lowest BCUT2D eigenvalue weighted by atomic mass is 10.0. The zero-order valence-electron chi connectivity index (χ0n) is 12.3. The molecule has 0 atom stereocenters. The first kappa shape index (κ1) is 15.9. The number of hydrogen-bond donors (Lipinski definition) is 1. The van der Waals surface area contributed by atoms with Crippen molar-refractivity contribution >= 4 is 23.3 Å². The minimum absolute atomic E-state index is 0.0884. The van der Waals surface area contributed by atoms with Crippen LogP contribution < -0.4 is 9.64 Å². The standard InChI is InChI=1S/C15H20ClNO4/c1-3-17(11-4-6-21-7-5-11)13-9-10(16)8-12(15(18)19)14(13)20-2/h8-9,11H,3-7H2,1-2H3,(H,18,19). The van der Waals surface area contributed by atoms with Crippen LogP contribution in [-0.4, -0.2) is 44.0 Å². The number of rotatable bonds is 5. The summed E-state index contributed by atoms with van der Waals surface area (Å²) in [4.78, 5) is 13.5. The van der Waals surface area contributed by atoms with Gasteiger partial charge in [-0.25, -0.2) is 4.79 Å². The Labute approximate surface area is 129 Å². The highest BCUT2D eigenvalue weighted by Gasteiger charge is 2.26. The summed E-state index contributed by atoms with van der Waals surface area (Å²) in [5.74, 6) is -0.682. The Hall–Kier alpha value is -1.46. The number of carboxylic acids is 1. The summed E-state index contributed by atoms with van der Waals surface area (Å²) in [6, 6.07) is 3.49. The maximum Gasteiger partial charge on any atom is 0.339 e. The number of hydrogen-bond acceptors (Lipinski definition) is 4. The Kier molecular flexibility index (Phi) is 5.31. The van der Waals surface area contributed by atoms with E-state index < -0.39 is 5.97 Å². The first-order valence-corrected chi connectivity index (χ1v) is 7.41. The van der Waals surface area contributed by atoms with Gasteiger partial charge in [-0.2, -0.15) is 0 Å². The average molecular weight is 314 g/mol. The molecule has 0 spiro atoms. The van der Waals surface area contributed by atoms with E-state index in [1.54, 1.807) is 6.07 Å². The normalized spacial score (nSPS) is 15.8. The molecule has 1 N–H and O–H groups in total. The highest BCUT2D eigenvalue weighted by Crippen LogP contribution is 2.37. The molecule has 1 aliphatic heterocycles. The number of carbonyl (C=O) groups is 1. The fourth-order valence-corrected chi connectivity index (χ4v) is 3.00. The van der Waals surface area contributed by atoms with E-state index in [9.17, 15) is 9.90 Å². The van der Waals surface area contributed by atoms with Crippen LogP contribution in [0, 0.1) is 0 Å². The molecule has 116 valence electrons. The van der Waals surface area contributed by atoms with E-state index >= 15 is 0 Å². The van der Waals surface area contributed by atoms with Gasteiger partial charge in [0.15, 0.2) is 5.75 Å². The summed E-state index contributed by atoms with van der Waals surface area (Å²) in [5, 5.41) is 9.73. The Bertz CT molecular complexity index is 515. The quantitative estimate of drug-likeness (QED) is 0.905. The van der Waals surface area contributed by atoms with Crippen molar-refractivity contribution in [3.05, 3.63) is 22.7 Å². The van der Waals surface area contributed by atoms with Gasteiger partial charge < -0.3 is 19.5 Å². The largest absolute Gasteiger partial charge is 0.494 e. The maximum absolute atomic E-state index is 11.4. The summed E-state index contributed by atoms with van der Waals surface area (Å²) in [7, 11) is 1.48. The van der Waals surface area contributed by atoms with Crippen LogP contribution in [0.5, 0.6) is 5.75 Å². The summed E-state index contributed by atoms with van der Waals surface area (Å²) < 4.78 is 10.7. The highest BCUT2D eigenvalue weighted by molar-refractivity contribution is 6.31. The van der Waals surface area contributed by atoms with Gasteiger partial charge in [-0.3, -0.25) is 0 Å². The molecule has 6 heteroatoms. The predicted molar refractivity (Wildman–Crippen MR) is 81.8 cm³/mol.